The van der Waals surface area contributed by atoms with Crippen molar-refractivity contribution in [3.8, 4) is 0 Å². The highest BCUT2D eigenvalue weighted by atomic mass is 16.6. The second-order valence-corrected chi connectivity index (χ2v) is 9.12. The first-order valence-corrected chi connectivity index (χ1v) is 11.1. The summed E-state index contributed by atoms with van der Waals surface area (Å²) in [6, 6.07) is -1.56. The van der Waals surface area contributed by atoms with Crippen molar-refractivity contribution in [1.29, 1.82) is 0 Å². The number of nitrogens with one attached hydrogen (secondary N) is 2. The molecule has 0 bridgehead atoms. The highest BCUT2D eigenvalue weighted by Gasteiger charge is 2.55. The van der Waals surface area contributed by atoms with E-state index in [2.05, 4.69) is 20.2 Å². The van der Waals surface area contributed by atoms with Crippen LogP contribution in [0.3, 0.4) is 0 Å². The highest BCUT2D eigenvalue weighted by molar-refractivity contribution is 6.28. The molecule has 2 aliphatic heterocycles. The molecule has 14 heteroatoms. The number of Topliss-reactive ketones (excluding diaryl/α,β-unsaturated/α-hetero) is 1. The number of carbonyl (C=O) groups excluding carboxylic acids is 6. The van der Waals surface area contributed by atoms with E-state index < -0.39 is 59.3 Å². The predicted octanol–water partition coefficient (Wildman–Crippen LogP) is -0.325. The molecule has 2 N–H and O–H groups in total. The zero-order chi connectivity index (χ0) is 26.4. The van der Waals surface area contributed by atoms with Gasteiger partial charge in [0.05, 0.1) is 13.5 Å². The highest BCUT2D eigenvalue weighted by Crippen LogP contribution is 2.31. The topological polar surface area (TPSA) is 188 Å². The van der Waals surface area contributed by atoms with Gasteiger partial charge in [0.2, 0.25) is 17.5 Å². The third kappa shape index (κ3) is 6.63. The smallest absolute Gasteiger partial charge is 0.409 e. The van der Waals surface area contributed by atoms with Crippen molar-refractivity contribution in [2.75, 3.05) is 13.7 Å². The van der Waals surface area contributed by atoms with Crippen LogP contribution in [0.1, 0.15) is 59.3 Å². The molecule has 2 rings (SSSR count). The Morgan fingerprint density at radius 1 is 1.17 bits per heavy atom. The van der Waals surface area contributed by atoms with E-state index in [1.807, 2.05) is 0 Å². The molecule has 2 aliphatic rings. The SMILES string of the molecule is COC(=O)NC1(C(=O)NC(CC(=O)OC(C)(C)C)C(=O)C=[N+]=[N-])CCCN2C(=O)CCCC(=O)N21. The molecule has 4 amide bonds. The van der Waals surface area contributed by atoms with Gasteiger partial charge in [0.1, 0.15) is 11.6 Å². The average Bonchev–Trinajstić information content (AvgIpc) is 2.90. The minimum atomic E-state index is -2.12. The molecule has 14 nitrogen and oxygen atoms in total. The number of fused-ring (bicyclic) bond motifs is 1. The summed E-state index contributed by atoms with van der Waals surface area (Å²) in [4.78, 5) is 79.1. The molecule has 2 fully saturated rings. The van der Waals surface area contributed by atoms with Crippen LogP contribution in [0.4, 0.5) is 4.79 Å². The van der Waals surface area contributed by atoms with Crippen molar-refractivity contribution in [3.05, 3.63) is 5.53 Å². The van der Waals surface area contributed by atoms with E-state index in [4.69, 9.17) is 10.3 Å². The molecule has 0 aromatic heterocycles. The van der Waals surface area contributed by atoms with E-state index in [9.17, 15) is 28.8 Å². The number of nitrogens with zero attached hydrogens (tertiary/aromatic N) is 4. The van der Waals surface area contributed by atoms with Crippen molar-refractivity contribution in [2.45, 2.75) is 76.6 Å². The van der Waals surface area contributed by atoms with Gasteiger partial charge >= 0.3 is 18.3 Å². The lowest BCUT2D eigenvalue weighted by molar-refractivity contribution is -0.192. The standard InChI is InChI=1S/C21H30N6O8/c1-20(2,3)35-17(31)11-13(14(28)12-23-22)24-18(32)21(25-19(33)34-4)9-6-10-26-15(29)7-5-8-16(30)27(21)26/h12-13H,5-11H2,1-4H3,(H,24,32)(H,25,33). The Kier molecular flexibility index (Phi) is 8.69. The molecule has 192 valence electrons. The van der Waals surface area contributed by atoms with Crippen LogP contribution in [-0.2, 0) is 33.4 Å². The summed E-state index contributed by atoms with van der Waals surface area (Å²) in [7, 11) is 1.06. The fourth-order valence-corrected chi connectivity index (χ4v) is 3.91. The number of rotatable bonds is 7. The molecule has 2 unspecified atom stereocenters. The summed E-state index contributed by atoms with van der Waals surface area (Å²) < 4.78 is 9.85. The summed E-state index contributed by atoms with van der Waals surface area (Å²) in [5, 5.41) is 6.71. The van der Waals surface area contributed by atoms with Gasteiger partial charge in [0.15, 0.2) is 0 Å². The van der Waals surface area contributed by atoms with Crippen LogP contribution in [0.25, 0.3) is 5.53 Å². The number of ketones is 1. The maximum Gasteiger partial charge on any atom is 0.409 e. The Labute approximate surface area is 201 Å². The number of alkyl carbamates (subject to hydrolysis) is 1. The van der Waals surface area contributed by atoms with Gasteiger partial charge in [-0.1, -0.05) is 0 Å². The maximum atomic E-state index is 13.7. The Morgan fingerprint density at radius 3 is 2.43 bits per heavy atom. The first-order valence-electron chi connectivity index (χ1n) is 11.1. The van der Waals surface area contributed by atoms with E-state index in [0.717, 1.165) is 17.1 Å². The van der Waals surface area contributed by atoms with Crippen molar-refractivity contribution < 1.29 is 43.0 Å². The number of methoxy groups -OCH3 is 1. The zero-order valence-electron chi connectivity index (χ0n) is 20.2. The Morgan fingerprint density at radius 2 is 1.83 bits per heavy atom. The normalized spacial score (nSPS) is 21.0. The van der Waals surface area contributed by atoms with E-state index in [1.54, 1.807) is 20.8 Å². The molecular weight excluding hydrogens is 464 g/mol. The molecule has 0 aromatic carbocycles. The third-order valence-electron chi connectivity index (χ3n) is 5.31. The lowest BCUT2D eigenvalue weighted by Crippen LogP contribution is -2.76. The van der Waals surface area contributed by atoms with Gasteiger partial charge in [-0.15, -0.1) is 0 Å². The number of amides is 4. The Balaban J connectivity index is 2.47. The lowest BCUT2D eigenvalue weighted by Gasteiger charge is -2.50. The molecule has 0 saturated carbocycles. The van der Waals surface area contributed by atoms with Gasteiger partial charge in [0, 0.05) is 25.8 Å². The average molecular weight is 495 g/mol. The van der Waals surface area contributed by atoms with Crippen LogP contribution in [0.5, 0.6) is 0 Å². The second kappa shape index (κ2) is 11.1. The summed E-state index contributed by atoms with van der Waals surface area (Å²) in [6.07, 6.45) is -0.781. The fourth-order valence-electron chi connectivity index (χ4n) is 3.91. The quantitative estimate of drug-likeness (QED) is 0.208. The largest absolute Gasteiger partial charge is 0.460 e. The molecule has 2 saturated heterocycles. The monoisotopic (exact) mass is 494 g/mol. The van der Waals surface area contributed by atoms with Crippen molar-refractivity contribution in [3.63, 3.8) is 0 Å². The molecule has 35 heavy (non-hydrogen) atoms. The van der Waals surface area contributed by atoms with Crippen LogP contribution in [0.2, 0.25) is 0 Å². The number of esters is 1. The van der Waals surface area contributed by atoms with Crippen LogP contribution in [-0.4, -0.2) is 87.5 Å². The molecular formula is C21H30N6O8. The molecule has 2 heterocycles. The molecule has 2 atom stereocenters. The van der Waals surface area contributed by atoms with Crippen LogP contribution in [0.15, 0.2) is 0 Å². The Hall–Kier alpha value is -3.80. The van der Waals surface area contributed by atoms with E-state index in [-0.39, 0.29) is 38.6 Å². The number of hydrogen-bond acceptors (Lipinski definition) is 8. The number of ether oxygens (including phenoxy) is 2. The van der Waals surface area contributed by atoms with Gasteiger partial charge in [-0.05, 0) is 33.6 Å². The van der Waals surface area contributed by atoms with Gasteiger partial charge in [-0.3, -0.25) is 29.3 Å². The van der Waals surface area contributed by atoms with E-state index in [1.165, 1.54) is 0 Å². The van der Waals surface area contributed by atoms with Crippen molar-refractivity contribution >= 4 is 41.8 Å². The van der Waals surface area contributed by atoms with E-state index in [0.29, 0.717) is 6.21 Å². The van der Waals surface area contributed by atoms with Crippen LogP contribution >= 0.6 is 0 Å². The maximum absolute atomic E-state index is 13.7. The molecule has 0 radical (unpaired) electrons. The fraction of sp³-hybridized carbons (Fsp3) is 0.667. The van der Waals surface area contributed by atoms with Gasteiger partial charge in [0.25, 0.3) is 11.7 Å². The van der Waals surface area contributed by atoms with Crippen molar-refractivity contribution in [1.82, 2.24) is 20.7 Å². The zero-order valence-corrected chi connectivity index (χ0v) is 20.2. The number of carbonyl (C=O) groups is 6. The predicted molar refractivity (Wildman–Crippen MR) is 117 cm³/mol. The molecule has 0 aromatic rings. The summed E-state index contributed by atoms with van der Waals surface area (Å²) >= 11 is 0. The van der Waals surface area contributed by atoms with Crippen LogP contribution in [0, 0.1) is 0 Å². The first-order chi connectivity index (χ1) is 16.3. The van der Waals surface area contributed by atoms with Crippen LogP contribution < -0.4 is 10.6 Å². The number of hydrazine groups is 1. The van der Waals surface area contributed by atoms with Gasteiger partial charge in [-0.25, -0.2) is 14.8 Å². The van der Waals surface area contributed by atoms with Gasteiger partial charge in [-0.2, -0.15) is 4.79 Å². The summed E-state index contributed by atoms with van der Waals surface area (Å²) in [5.74, 6) is -3.80. The minimum absolute atomic E-state index is 0.0580. The van der Waals surface area contributed by atoms with Gasteiger partial charge < -0.3 is 20.3 Å². The Bertz CT molecular complexity index is 954. The number of hydrogen-bond donors (Lipinski definition) is 2. The lowest BCUT2D eigenvalue weighted by atomic mass is 9.96. The molecule has 0 spiro atoms. The van der Waals surface area contributed by atoms with Crippen molar-refractivity contribution in [2.24, 2.45) is 0 Å². The molecule has 0 aliphatic carbocycles. The minimum Gasteiger partial charge on any atom is -0.460 e. The second-order valence-electron chi connectivity index (χ2n) is 9.12. The summed E-state index contributed by atoms with van der Waals surface area (Å²) in [6.45, 7) is 4.98. The summed E-state index contributed by atoms with van der Waals surface area (Å²) in [5.41, 5.74) is 5.79. The third-order valence-corrected chi connectivity index (χ3v) is 5.31. The first kappa shape index (κ1) is 27.4. The van der Waals surface area contributed by atoms with E-state index >= 15 is 0 Å².